The molecule has 12 aromatic carbocycles. The average Bonchev–Trinajstić information content (AvgIpc) is 3.50. The van der Waals surface area contributed by atoms with Crippen LogP contribution in [0.5, 0.6) is 0 Å². The molecule has 0 heterocycles. The van der Waals surface area contributed by atoms with Gasteiger partial charge in [-0.25, -0.2) is 0 Å². The van der Waals surface area contributed by atoms with E-state index >= 15 is 0 Å². The van der Waals surface area contributed by atoms with Crippen LogP contribution in [0.15, 0.2) is 291 Å². The van der Waals surface area contributed by atoms with Gasteiger partial charge in [-0.1, -0.05) is 199 Å². The molecule has 0 spiro atoms. The van der Waals surface area contributed by atoms with Gasteiger partial charge in [0.1, 0.15) is 0 Å². The third-order valence-electron chi connectivity index (χ3n) is 15.3. The van der Waals surface area contributed by atoms with Crippen LogP contribution in [0.2, 0.25) is 0 Å². The summed E-state index contributed by atoms with van der Waals surface area (Å²) in [4.78, 5) is 9.45. The summed E-state index contributed by atoms with van der Waals surface area (Å²) in [6.07, 6.45) is 0. The molecular formula is C76H66N4. The average molecular weight is 1040 g/mol. The lowest BCUT2D eigenvalue weighted by atomic mass is 9.87. The van der Waals surface area contributed by atoms with E-state index in [1.165, 1.54) is 32.7 Å². The molecule has 12 aromatic rings. The van der Waals surface area contributed by atoms with E-state index in [2.05, 4.69) is 352 Å². The zero-order valence-corrected chi connectivity index (χ0v) is 46.5. The van der Waals surface area contributed by atoms with Crippen LogP contribution in [0.1, 0.15) is 52.7 Å². The summed E-state index contributed by atoms with van der Waals surface area (Å²) in [5.74, 6) is 0. The van der Waals surface area contributed by atoms with Crippen LogP contribution in [0, 0.1) is 0 Å². The highest BCUT2D eigenvalue weighted by Crippen LogP contribution is 2.45. The standard InChI is InChI=1S/C76H66N4/c1-75(2,3)59-35-43-63(44-36-59)77(61-23-9-7-10-24-61)65-47-51-69(52-48-65)79(73-29-17-21-57-19-13-15-27-71(57)73)67-39-31-55(32-40-67)56-33-41-68(42-34-56)80(74-30-18-22-58-20-14-16-28-72(58)74)70-53-49-66(50-54-70)78(62-25-11-8-12-26-62)64-45-37-60(38-46-64)76(4,5)6/h7-54H,1-6H3. The lowest BCUT2D eigenvalue weighted by molar-refractivity contribution is 0.590. The van der Waals surface area contributed by atoms with Crippen molar-refractivity contribution in [3.05, 3.63) is 302 Å². The Hall–Kier alpha value is -9.64. The second-order valence-electron chi connectivity index (χ2n) is 22.7. The van der Waals surface area contributed by atoms with Crippen LogP contribution in [0.25, 0.3) is 32.7 Å². The van der Waals surface area contributed by atoms with Gasteiger partial charge in [-0.15, -0.1) is 0 Å². The Morgan fingerprint density at radius 3 is 0.750 bits per heavy atom. The molecule has 390 valence electrons. The molecule has 0 unspecified atom stereocenters. The molecule has 4 heteroatoms. The minimum Gasteiger partial charge on any atom is -0.311 e. The van der Waals surface area contributed by atoms with Gasteiger partial charge in [0.15, 0.2) is 0 Å². The highest BCUT2D eigenvalue weighted by atomic mass is 15.2. The molecule has 0 aromatic heterocycles. The molecule has 0 saturated carbocycles. The number of benzene rings is 12. The molecule has 0 aliphatic carbocycles. The highest BCUT2D eigenvalue weighted by molar-refractivity contribution is 6.01. The van der Waals surface area contributed by atoms with Gasteiger partial charge in [0, 0.05) is 67.6 Å². The maximum atomic E-state index is 2.39. The fourth-order valence-corrected chi connectivity index (χ4v) is 11.0. The third-order valence-corrected chi connectivity index (χ3v) is 15.3. The Morgan fingerprint density at radius 2 is 0.438 bits per heavy atom. The molecule has 80 heavy (non-hydrogen) atoms. The van der Waals surface area contributed by atoms with Crippen LogP contribution < -0.4 is 19.6 Å². The summed E-state index contributed by atoms with van der Waals surface area (Å²) in [5.41, 5.74) is 18.2. The van der Waals surface area contributed by atoms with Crippen LogP contribution >= 0.6 is 0 Å². The van der Waals surface area contributed by atoms with E-state index < -0.39 is 0 Å². The lowest BCUT2D eigenvalue weighted by Crippen LogP contribution is -2.14. The van der Waals surface area contributed by atoms with Gasteiger partial charge in [0.25, 0.3) is 0 Å². The summed E-state index contributed by atoms with van der Waals surface area (Å²) in [6.45, 7) is 13.6. The van der Waals surface area contributed by atoms with Crippen molar-refractivity contribution in [2.45, 2.75) is 52.4 Å². The fraction of sp³-hybridized carbons (Fsp3) is 0.105. The van der Waals surface area contributed by atoms with Crippen LogP contribution in [-0.2, 0) is 10.8 Å². The molecule has 0 radical (unpaired) electrons. The summed E-state index contributed by atoms with van der Waals surface area (Å²) >= 11 is 0. The largest absolute Gasteiger partial charge is 0.311 e. The van der Waals surface area contributed by atoms with E-state index in [1.54, 1.807) is 0 Å². The normalized spacial score (nSPS) is 11.6. The first kappa shape index (κ1) is 51.1. The van der Waals surface area contributed by atoms with Crippen LogP contribution in [-0.4, -0.2) is 0 Å². The van der Waals surface area contributed by atoms with E-state index in [9.17, 15) is 0 Å². The van der Waals surface area contributed by atoms with E-state index in [-0.39, 0.29) is 10.8 Å². The molecule has 12 rings (SSSR count). The Morgan fingerprint density at radius 1 is 0.200 bits per heavy atom. The van der Waals surface area contributed by atoms with Gasteiger partial charge in [-0.3, -0.25) is 0 Å². The smallest absolute Gasteiger partial charge is 0.0540 e. The number of hydrogen-bond donors (Lipinski definition) is 0. The van der Waals surface area contributed by atoms with E-state index in [0.29, 0.717) is 0 Å². The third kappa shape index (κ3) is 10.4. The first-order valence-electron chi connectivity index (χ1n) is 27.8. The minimum atomic E-state index is 0.0646. The molecule has 0 aliphatic heterocycles. The van der Waals surface area contributed by atoms with Crippen LogP contribution in [0.3, 0.4) is 0 Å². The zero-order chi connectivity index (χ0) is 54.8. The highest BCUT2D eigenvalue weighted by Gasteiger charge is 2.22. The molecule has 0 N–H and O–H groups in total. The van der Waals surface area contributed by atoms with Crippen molar-refractivity contribution in [3.63, 3.8) is 0 Å². The van der Waals surface area contributed by atoms with Gasteiger partial charge in [0.2, 0.25) is 0 Å². The maximum absolute atomic E-state index is 2.39. The van der Waals surface area contributed by atoms with E-state index in [4.69, 9.17) is 0 Å². The number of anilines is 12. The molecule has 0 bridgehead atoms. The summed E-state index contributed by atoms with van der Waals surface area (Å²) < 4.78 is 0. The lowest BCUT2D eigenvalue weighted by Gasteiger charge is -2.30. The number of hydrogen-bond acceptors (Lipinski definition) is 4. The number of nitrogens with zero attached hydrogens (tertiary/aromatic N) is 4. The predicted molar refractivity (Wildman–Crippen MR) is 343 cm³/mol. The van der Waals surface area contributed by atoms with Crippen molar-refractivity contribution in [1.82, 2.24) is 0 Å². The molecule has 0 aliphatic rings. The number of para-hydroxylation sites is 2. The SMILES string of the molecule is CC(C)(C)c1ccc(N(c2ccccc2)c2ccc(N(c3ccc(-c4ccc(N(c5ccc(N(c6ccccc6)c6ccc(C(C)(C)C)cc6)cc5)c5cccc6ccccc56)cc4)cc3)c3cccc4ccccc34)cc2)cc1. The Kier molecular flexibility index (Phi) is 13.8. The van der Waals surface area contributed by atoms with Gasteiger partial charge >= 0.3 is 0 Å². The number of rotatable bonds is 13. The Labute approximate surface area is 472 Å². The second-order valence-corrected chi connectivity index (χ2v) is 22.7. The first-order valence-corrected chi connectivity index (χ1v) is 27.8. The molecule has 0 atom stereocenters. The van der Waals surface area contributed by atoms with Crippen LogP contribution in [0.4, 0.5) is 68.2 Å². The van der Waals surface area contributed by atoms with Gasteiger partial charge in [-0.05, 0) is 177 Å². The monoisotopic (exact) mass is 1030 g/mol. The Balaban J connectivity index is 0.883. The van der Waals surface area contributed by atoms with Crippen molar-refractivity contribution in [3.8, 4) is 11.1 Å². The van der Waals surface area contributed by atoms with Crippen molar-refractivity contribution >= 4 is 89.8 Å². The van der Waals surface area contributed by atoms with Gasteiger partial charge < -0.3 is 19.6 Å². The van der Waals surface area contributed by atoms with E-state index in [0.717, 1.165) is 79.4 Å². The van der Waals surface area contributed by atoms with Crippen molar-refractivity contribution in [1.29, 1.82) is 0 Å². The quantitative estimate of drug-likeness (QED) is 0.114. The molecule has 0 saturated heterocycles. The van der Waals surface area contributed by atoms with Gasteiger partial charge in [0.05, 0.1) is 11.4 Å². The molecule has 0 amide bonds. The summed E-state index contributed by atoms with van der Waals surface area (Å²) in [5, 5.41) is 4.77. The number of fused-ring (bicyclic) bond motifs is 2. The first-order chi connectivity index (χ1) is 38.9. The zero-order valence-electron chi connectivity index (χ0n) is 46.5. The van der Waals surface area contributed by atoms with Crippen molar-refractivity contribution in [2.24, 2.45) is 0 Å². The second kappa shape index (κ2) is 21.6. The summed E-state index contributed by atoms with van der Waals surface area (Å²) in [6, 6.07) is 106. The van der Waals surface area contributed by atoms with E-state index in [1.807, 2.05) is 0 Å². The van der Waals surface area contributed by atoms with Gasteiger partial charge in [-0.2, -0.15) is 0 Å². The molecule has 0 fully saturated rings. The maximum Gasteiger partial charge on any atom is 0.0540 e. The fourth-order valence-electron chi connectivity index (χ4n) is 11.0. The predicted octanol–water partition coefficient (Wildman–Crippen LogP) is 22.1. The molecule has 4 nitrogen and oxygen atoms in total. The topological polar surface area (TPSA) is 13.0 Å². The summed E-state index contributed by atoms with van der Waals surface area (Å²) in [7, 11) is 0. The van der Waals surface area contributed by atoms with Crippen molar-refractivity contribution in [2.75, 3.05) is 19.6 Å². The van der Waals surface area contributed by atoms with Crippen molar-refractivity contribution < 1.29 is 0 Å². The molecular weight excluding hydrogens is 969 g/mol. The minimum absolute atomic E-state index is 0.0646. The Bertz CT molecular complexity index is 3750.